The van der Waals surface area contributed by atoms with Crippen LogP contribution in [0.4, 0.5) is 17.1 Å². The minimum Gasteiger partial charge on any atom is -0.744 e. The SMILES string of the molecule is O=[N+]([O-])c1ccc(N=Nc2ccc(S(=O)(=O)[O-])cc2)cc1.[Na+]. The summed E-state index contributed by atoms with van der Waals surface area (Å²) in [6.07, 6.45) is 0. The summed E-state index contributed by atoms with van der Waals surface area (Å²) in [5.41, 5.74) is 0.695. The van der Waals surface area contributed by atoms with E-state index in [4.69, 9.17) is 0 Å². The number of hydrogen-bond acceptors (Lipinski definition) is 7. The second kappa shape index (κ2) is 7.56. The van der Waals surface area contributed by atoms with Crippen molar-refractivity contribution in [2.45, 2.75) is 4.90 Å². The predicted octanol–water partition coefficient (Wildman–Crippen LogP) is -0.0817. The molecule has 0 saturated carbocycles. The van der Waals surface area contributed by atoms with Crippen LogP contribution < -0.4 is 29.6 Å². The third-order valence-corrected chi connectivity index (χ3v) is 3.32. The molecular formula is C12H8N3NaO5S. The van der Waals surface area contributed by atoms with Gasteiger partial charge >= 0.3 is 29.6 Å². The fourth-order valence-corrected chi connectivity index (χ4v) is 1.91. The van der Waals surface area contributed by atoms with Crippen LogP contribution in [0.5, 0.6) is 0 Å². The van der Waals surface area contributed by atoms with Crippen LogP contribution in [0.1, 0.15) is 0 Å². The Labute approximate surface area is 148 Å². The summed E-state index contributed by atoms with van der Waals surface area (Å²) in [5.74, 6) is 0. The summed E-state index contributed by atoms with van der Waals surface area (Å²) < 4.78 is 32.2. The Kier molecular flexibility index (Phi) is 6.33. The van der Waals surface area contributed by atoms with E-state index in [0.29, 0.717) is 11.4 Å². The zero-order valence-corrected chi connectivity index (χ0v) is 14.2. The molecule has 0 N–H and O–H groups in total. The van der Waals surface area contributed by atoms with Gasteiger partial charge in [0.2, 0.25) is 0 Å². The molecule has 0 aliphatic carbocycles. The maximum absolute atomic E-state index is 10.7. The zero-order chi connectivity index (χ0) is 15.5. The average Bonchev–Trinajstić information content (AvgIpc) is 2.45. The Balaban J connectivity index is 0.00000242. The van der Waals surface area contributed by atoms with Gasteiger partial charge in [0.1, 0.15) is 10.1 Å². The molecule has 0 radical (unpaired) electrons. The van der Waals surface area contributed by atoms with E-state index in [2.05, 4.69) is 10.2 Å². The second-order valence-corrected chi connectivity index (χ2v) is 5.30. The molecule has 0 atom stereocenters. The molecule has 10 heteroatoms. The molecule has 0 bridgehead atoms. The van der Waals surface area contributed by atoms with Crippen molar-refractivity contribution in [1.82, 2.24) is 0 Å². The molecule has 0 spiro atoms. The fraction of sp³-hybridized carbons (Fsp3) is 0. The first-order valence-corrected chi connectivity index (χ1v) is 6.99. The van der Waals surface area contributed by atoms with Crippen molar-refractivity contribution < 1.29 is 47.5 Å². The standard InChI is InChI=1S/C12H9N3O5S.Na/c16-15(17)11-5-1-9(2-6-11)13-14-10-3-7-12(8-4-10)21(18,19)20;/h1-8H,(H,18,19,20);/q;+1/p-1. The van der Waals surface area contributed by atoms with E-state index < -0.39 is 15.0 Å². The molecule has 0 unspecified atom stereocenters. The number of non-ortho nitro benzene ring substituents is 1. The number of benzene rings is 2. The third kappa shape index (κ3) is 4.97. The van der Waals surface area contributed by atoms with E-state index >= 15 is 0 Å². The van der Waals surface area contributed by atoms with Gasteiger partial charge in [0.05, 0.1) is 21.2 Å². The topological polar surface area (TPSA) is 125 Å². The molecule has 2 aromatic carbocycles. The summed E-state index contributed by atoms with van der Waals surface area (Å²) in [6, 6.07) is 10.4. The Hall–Kier alpha value is -1.65. The summed E-state index contributed by atoms with van der Waals surface area (Å²) in [4.78, 5) is 9.61. The van der Waals surface area contributed by atoms with Crippen molar-refractivity contribution >= 4 is 27.2 Å². The summed E-state index contributed by atoms with van der Waals surface area (Å²) >= 11 is 0. The average molecular weight is 329 g/mol. The van der Waals surface area contributed by atoms with Crippen LogP contribution >= 0.6 is 0 Å². The van der Waals surface area contributed by atoms with E-state index in [0.717, 1.165) is 12.1 Å². The van der Waals surface area contributed by atoms with Gasteiger partial charge in [0.15, 0.2) is 0 Å². The molecule has 2 rings (SSSR count). The molecule has 0 fully saturated rings. The number of rotatable bonds is 4. The molecule has 2 aromatic rings. The van der Waals surface area contributed by atoms with Gasteiger partial charge < -0.3 is 4.55 Å². The third-order valence-electron chi connectivity index (χ3n) is 2.47. The number of nitro groups is 1. The van der Waals surface area contributed by atoms with Crippen LogP contribution in [0.3, 0.4) is 0 Å². The fourth-order valence-electron chi connectivity index (χ4n) is 1.44. The number of nitro benzene ring substituents is 1. The zero-order valence-electron chi connectivity index (χ0n) is 11.4. The summed E-state index contributed by atoms with van der Waals surface area (Å²) in [6.45, 7) is 0. The van der Waals surface area contributed by atoms with E-state index in [1.165, 1.54) is 36.4 Å². The Morgan fingerprint density at radius 1 is 0.864 bits per heavy atom. The first kappa shape index (κ1) is 18.4. The molecule has 0 amide bonds. The monoisotopic (exact) mass is 329 g/mol. The maximum Gasteiger partial charge on any atom is 1.00 e. The van der Waals surface area contributed by atoms with Crippen LogP contribution in [0.15, 0.2) is 63.7 Å². The van der Waals surface area contributed by atoms with E-state index in [-0.39, 0.29) is 40.1 Å². The van der Waals surface area contributed by atoms with Gasteiger partial charge in [-0.25, -0.2) is 8.42 Å². The molecular weight excluding hydrogens is 321 g/mol. The maximum atomic E-state index is 10.7. The molecule has 0 aliphatic rings. The Morgan fingerprint density at radius 2 is 1.27 bits per heavy atom. The van der Waals surface area contributed by atoms with Crippen molar-refractivity contribution in [1.29, 1.82) is 0 Å². The molecule has 8 nitrogen and oxygen atoms in total. The second-order valence-electron chi connectivity index (χ2n) is 3.92. The van der Waals surface area contributed by atoms with Gasteiger partial charge in [-0.2, -0.15) is 10.2 Å². The van der Waals surface area contributed by atoms with Gasteiger partial charge in [-0.1, -0.05) is 0 Å². The van der Waals surface area contributed by atoms with Crippen LogP contribution in [0.2, 0.25) is 0 Å². The van der Waals surface area contributed by atoms with E-state index in [1.54, 1.807) is 0 Å². The molecule has 0 heterocycles. The molecule has 108 valence electrons. The van der Waals surface area contributed by atoms with Crippen molar-refractivity contribution in [3.63, 3.8) is 0 Å². The predicted molar refractivity (Wildman–Crippen MR) is 71.7 cm³/mol. The molecule has 0 saturated heterocycles. The van der Waals surface area contributed by atoms with Crippen molar-refractivity contribution in [3.8, 4) is 0 Å². The molecule has 0 aliphatic heterocycles. The molecule has 0 aromatic heterocycles. The minimum atomic E-state index is -4.49. The van der Waals surface area contributed by atoms with Crippen LogP contribution in [-0.4, -0.2) is 17.9 Å². The van der Waals surface area contributed by atoms with Gasteiger partial charge in [0, 0.05) is 12.1 Å². The van der Waals surface area contributed by atoms with Crippen LogP contribution in [-0.2, 0) is 10.1 Å². The Morgan fingerprint density at radius 3 is 1.64 bits per heavy atom. The summed E-state index contributed by atoms with van der Waals surface area (Å²) in [5, 5.41) is 18.2. The largest absolute Gasteiger partial charge is 1.00 e. The Bertz CT molecular complexity index is 789. The van der Waals surface area contributed by atoms with Gasteiger partial charge in [-0.15, -0.1) is 0 Å². The quantitative estimate of drug-likeness (QED) is 0.255. The van der Waals surface area contributed by atoms with Crippen LogP contribution in [0.25, 0.3) is 0 Å². The van der Waals surface area contributed by atoms with Crippen LogP contribution in [0, 0.1) is 10.1 Å². The van der Waals surface area contributed by atoms with E-state index in [9.17, 15) is 23.1 Å². The minimum absolute atomic E-state index is 0. The van der Waals surface area contributed by atoms with Crippen molar-refractivity contribution in [2.24, 2.45) is 10.2 Å². The first-order valence-electron chi connectivity index (χ1n) is 5.58. The molecule has 22 heavy (non-hydrogen) atoms. The van der Waals surface area contributed by atoms with Crippen molar-refractivity contribution in [2.75, 3.05) is 0 Å². The number of azo groups is 1. The number of hydrogen-bond donors (Lipinski definition) is 0. The summed E-state index contributed by atoms with van der Waals surface area (Å²) in [7, 11) is -4.49. The van der Waals surface area contributed by atoms with Crippen molar-refractivity contribution in [3.05, 3.63) is 58.6 Å². The van der Waals surface area contributed by atoms with Gasteiger partial charge in [0.25, 0.3) is 5.69 Å². The van der Waals surface area contributed by atoms with Gasteiger partial charge in [-0.3, -0.25) is 10.1 Å². The normalized spacial score (nSPS) is 11.1. The number of nitrogens with zero attached hydrogens (tertiary/aromatic N) is 3. The van der Waals surface area contributed by atoms with E-state index in [1.807, 2.05) is 0 Å². The first-order chi connectivity index (χ1) is 9.86. The smallest absolute Gasteiger partial charge is 0.744 e. The van der Waals surface area contributed by atoms with Gasteiger partial charge in [-0.05, 0) is 36.4 Å².